The summed E-state index contributed by atoms with van der Waals surface area (Å²) in [5.41, 5.74) is 0.708. The van der Waals surface area contributed by atoms with E-state index >= 15 is 0 Å². The molecule has 0 spiro atoms. The molecule has 1 unspecified atom stereocenters. The fourth-order valence-electron chi connectivity index (χ4n) is 3.07. The first kappa shape index (κ1) is 16.3. The molecule has 5 nitrogen and oxygen atoms in total. The number of carbonyl (C=O) groups excluding carboxylic acids is 1. The number of ether oxygens (including phenoxy) is 1. The van der Waals surface area contributed by atoms with Crippen LogP contribution in [-0.4, -0.2) is 66.2 Å². The molecule has 0 bridgehead atoms. The molecule has 23 heavy (non-hydrogen) atoms. The van der Waals surface area contributed by atoms with Crippen molar-refractivity contribution in [3.63, 3.8) is 0 Å². The Morgan fingerprint density at radius 1 is 1.22 bits per heavy atom. The summed E-state index contributed by atoms with van der Waals surface area (Å²) in [4.78, 5) is 16.7. The monoisotopic (exact) mass is 318 g/mol. The predicted molar refractivity (Wildman–Crippen MR) is 88.7 cm³/mol. The van der Waals surface area contributed by atoms with E-state index in [-0.39, 0.29) is 12.0 Å². The van der Waals surface area contributed by atoms with Gasteiger partial charge in [-0.25, -0.2) is 0 Å². The average molecular weight is 318 g/mol. The molecule has 5 heteroatoms. The molecule has 1 saturated carbocycles. The van der Waals surface area contributed by atoms with Gasteiger partial charge in [0.1, 0.15) is 5.75 Å². The zero-order valence-electron chi connectivity index (χ0n) is 13.8. The number of hydrogen-bond donors (Lipinski definition) is 1. The Labute approximate surface area is 137 Å². The molecule has 2 aliphatic rings. The normalized spacial score (nSPS) is 20.3. The van der Waals surface area contributed by atoms with Crippen molar-refractivity contribution < 1.29 is 14.6 Å². The lowest BCUT2D eigenvalue weighted by atomic mass is 10.1. The fraction of sp³-hybridized carbons (Fsp3) is 0.611. The maximum atomic E-state index is 12.5. The molecule has 0 radical (unpaired) electrons. The van der Waals surface area contributed by atoms with Crippen LogP contribution < -0.4 is 4.74 Å². The molecule has 2 fully saturated rings. The number of piperazine rings is 1. The molecule has 1 amide bonds. The molecule has 3 rings (SSSR count). The smallest absolute Gasteiger partial charge is 0.253 e. The number of carbonyl (C=O) groups is 1. The van der Waals surface area contributed by atoms with Crippen molar-refractivity contribution in [2.45, 2.75) is 25.9 Å². The summed E-state index contributed by atoms with van der Waals surface area (Å²) in [5.74, 6) is 1.39. The number of hydrogen-bond acceptors (Lipinski definition) is 4. The first-order chi connectivity index (χ1) is 11.2. The first-order valence-electron chi connectivity index (χ1n) is 8.60. The van der Waals surface area contributed by atoms with Gasteiger partial charge in [-0.05, 0) is 49.9 Å². The van der Waals surface area contributed by atoms with Crippen LogP contribution in [0.5, 0.6) is 5.75 Å². The zero-order chi connectivity index (χ0) is 16.2. The molecule has 1 aliphatic heterocycles. The Kier molecular flexibility index (Phi) is 5.18. The Morgan fingerprint density at radius 2 is 1.87 bits per heavy atom. The minimum absolute atomic E-state index is 0.0791. The quantitative estimate of drug-likeness (QED) is 0.866. The van der Waals surface area contributed by atoms with E-state index in [4.69, 9.17) is 4.74 Å². The van der Waals surface area contributed by atoms with Crippen LogP contribution in [0.1, 0.15) is 30.1 Å². The lowest BCUT2D eigenvalue weighted by Crippen LogP contribution is -2.50. The van der Waals surface area contributed by atoms with E-state index in [0.717, 1.165) is 51.3 Å². The number of rotatable bonds is 6. The number of aliphatic hydroxyl groups is 1. The van der Waals surface area contributed by atoms with Gasteiger partial charge >= 0.3 is 0 Å². The summed E-state index contributed by atoms with van der Waals surface area (Å²) in [6, 6.07) is 7.35. The molecule has 1 heterocycles. The highest BCUT2D eigenvalue weighted by atomic mass is 16.5. The van der Waals surface area contributed by atoms with Crippen molar-refractivity contribution in [3.8, 4) is 5.75 Å². The van der Waals surface area contributed by atoms with Gasteiger partial charge in [-0.15, -0.1) is 0 Å². The number of benzene rings is 1. The molecule has 1 aliphatic carbocycles. The second-order valence-corrected chi connectivity index (χ2v) is 6.45. The molecule has 126 valence electrons. The first-order valence-corrected chi connectivity index (χ1v) is 8.60. The van der Waals surface area contributed by atoms with Crippen LogP contribution in [0.15, 0.2) is 24.3 Å². The third-order valence-electron chi connectivity index (χ3n) is 4.68. The molecule has 1 atom stereocenters. The standard InChI is InChI=1S/C18H26N2O3/c1-2-23-16-7-5-15(6-8-16)18(22)20-11-9-19(10-12-20)13-17(21)14-3-4-14/h5-8,14,17,21H,2-4,9-13H2,1H3. The largest absolute Gasteiger partial charge is 0.494 e. The topological polar surface area (TPSA) is 53.0 Å². The Bertz CT molecular complexity index is 520. The Balaban J connectivity index is 1.49. The summed E-state index contributed by atoms with van der Waals surface area (Å²) in [6.07, 6.45) is 2.14. The highest BCUT2D eigenvalue weighted by Crippen LogP contribution is 2.32. The van der Waals surface area contributed by atoms with Gasteiger partial charge in [0, 0.05) is 38.3 Å². The predicted octanol–water partition coefficient (Wildman–Crippen LogP) is 1.61. The summed E-state index contributed by atoms with van der Waals surface area (Å²) in [5, 5.41) is 10.0. The van der Waals surface area contributed by atoms with Gasteiger partial charge in [-0.3, -0.25) is 9.69 Å². The molecule has 1 N–H and O–H groups in total. The zero-order valence-corrected chi connectivity index (χ0v) is 13.8. The number of β-amino-alcohol motifs (C(OH)–C–C–N with tert-alkyl or cyclic N) is 1. The maximum absolute atomic E-state index is 12.5. The third kappa shape index (κ3) is 4.24. The van der Waals surface area contributed by atoms with Crippen LogP contribution in [0.2, 0.25) is 0 Å². The van der Waals surface area contributed by atoms with E-state index in [1.807, 2.05) is 36.1 Å². The summed E-state index contributed by atoms with van der Waals surface area (Å²) in [7, 11) is 0. The van der Waals surface area contributed by atoms with Gasteiger partial charge in [-0.2, -0.15) is 0 Å². The van der Waals surface area contributed by atoms with Crippen molar-refractivity contribution in [3.05, 3.63) is 29.8 Å². The third-order valence-corrected chi connectivity index (χ3v) is 4.68. The SMILES string of the molecule is CCOc1ccc(C(=O)N2CCN(CC(O)C3CC3)CC2)cc1. The number of nitrogens with zero attached hydrogens (tertiary/aromatic N) is 2. The van der Waals surface area contributed by atoms with Crippen molar-refractivity contribution in [2.24, 2.45) is 5.92 Å². The van der Waals surface area contributed by atoms with Gasteiger partial charge in [-0.1, -0.05) is 0 Å². The van der Waals surface area contributed by atoms with E-state index in [2.05, 4.69) is 4.90 Å². The van der Waals surface area contributed by atoms with Crippen LogP contribution in [0.25, 0.3) is 0 Å². The molecule has 0 aromatic heterocycles. The van der Waals surface area contributed by atoms with E-state index in [1.54, 1.807) is 0 Å². The van der Waals surface area contributed by atoms with Crippen molar-refractivity contribution >= 4 is 5.91 Å². The minimum Gasteiger partial charge on any atom is -0.494 e. The lowest BCUT2D eigenvalue weighted by molar-refractivity contribution is 0.0488. The van der Waals surface area contributed by atoms with E-state index < -0.39 is 0 Å². The average Bonchev–Trinajstić information content (AvgIpc) is 3.41. The molecular weight excluding hydrogens is 292 g/mol. The van der Waals surface area contributed by atoms with Crippen LogP contribution in [0.4, 0.5) is 0 Å². The summed E-state index contributed by atoms with van der Waals surface area (Å²) < 4.78 is 5.41. The van der Waals surface area contributed by atoms with Crippen molar-refractivity contribution in [1.82, 2.24) is 9.80 Å². The summed E-state index contributed by atoms with van der Waals surface area (Å²) in [6.45, 7) is 6.45. The van der Waals surface area contributed by atoms with Gasteiger partial charge in [0.15, 0.2) is 0 Å². The molecule has 1 aromatic rings. The lowest BCUT2D eigenvalue weighted by Gasteiger charge is -2.35. The highest BCUT2D eigenvalue weighted by molar-refractivity contribution is 5.94. The molecular formula is C18H26N2O3. The Morgan fingerprint density at radius 3 is 2.43 bits per heavy atom. The molecule has 1 saturated heterocycles. The Hall–Kier alpha value is -1.59. The minimum atomic E-state index is -0.191. The van der Waals surface area contributed by atoms with E-state index in [9.17, 15) is 9.90 Å². The molecule has 1 aromatic carbocycles. The van der Waals surface area contributed by atoms with Gasteiger partial charge in [0.05, 0.1) is 12.7 Å². The maximum Gasteiger partial charge on any atom is 0.253 e. The number of amides is 1. The van der Waals surface area contributed by atoms with Crippen molar-refractivity contribution in [1.29, 1.82) is 0 Å². The second kappa shape index (κ2) is 7.32. The fourth-order valence-corrected chi connectivity index (χ4v) is 3.07. The second-order valence-electron chi connectivity index (χ2n) is 6.45. The highest BCUT2D eigenvalue weighted by Gasteiger charge is 2.32. The van der Waals surface area contributed by atoms with E-state index in [0.29, 0.717) is 18.1 Å². The van der Waals surface area contributed by atoms with Crippen LogP contribution in [-0.2, 0) is 0 Å². The van der Waals surface area contributed by atoms with Gasteiger partial charge < -0.3 is 14.7 Å². The van der Waals surface area contributed by atoms with Gasteiger partial charge in [0.2, 0.25) is 0 Å². The van der Waals surface area contributed by atoms with Gasteiger partial charge in [0.25, 0.3) is 5.91 Å². The summed E-state index contributed by atoms with van der Waals surface area (Å²) >= 11 is 0. The van der Waals surface area contributed by atoms with E-state index in [1.165, 1.54) is 0 Å². The van der Waals surface area contributed by atoms with Crippen LogP contribution >= 0.6 is 0 Å². The number of aliphatic hydroxyl groups excluding tert-OH is 1. The van der Waals surface area contributed by atoms with Crippen LogP contribution in [0, 0.1) is 5.92 Å². The van der Waals surface area contributed by atoms with Crippen molar-refractivity contribution in [2.75, 3.05) is 39.3 Å². The van der Waals surface area contributed by atoms with Crippen LogP contribution in [0.3, 0.4) is 0 Å².